The number of hydrogen-bond donors (Lipinski definition) is 2. The Morgan fingerprint density at radius 1 is 1.08 bits per heavy atom. The number of benzene rings is 3. The summed E-state index contributed by atoms with van der Waals surface area (Å²) >= 11 is 0. The minimum atomic E-state index is -1.87. The lowest BCUT2D eigenvalue weighted by Gasteiger charge is -2.31. The lowest BCUT2D eigenvalue weighted by atomic mass is 9.76. The molecule has 0 aromatic heterocycles. The molecule has 0 bridgehead atoms. The fourth-order valence-corrected chi connectivity index (χ4v) is 5.60. The third kappa shape index (κ3) is 3.81. The molecule has 0 radical (unpaired) electrons. The van der Waals surface area contributed by atoms with Gasteiger partial charge in [-0.3, -0.25) is 29.8 Å². The molecule has 10 heteroatoms. The SMILES string of the molecule is Cc1ccccc1N1C(=O)C2C(c3ccc(C#N)cc3)NC(Cc3ccc([N+](=O)[O-])cc3)(C(=O)O)C2C1=O. The Hall–Kier alpha value is -4.88. The van der Waals surface area contributed by atoms with Crippen molar-refractivity contribution in [3.8, 4) is 6.07 Å². The first kappa shape index (κ1) is 24.8. The number of nitriles is 1. The lowest BCUT2D eigenvalue weighted by Crippen LogP contribution is -2.57. The monoisotopic (exact) mass is 510 g/mol. The Morgan fingerprint density at radius 3 is 2.32 bits per heavy atom. The Bertz CT molecular complexity index is 1510. The van der Waals surface area contributed by atoms with Crippen molar-refractivity contribution in [2.75, 3.05) is 4.90 Å². The quantitative estimate of drug-likeness (QED) is 0.291. The van der Waals surface area contributed by atoms with Gasteiger partial charge in [-0.2, -0.15) is 5.26 Å². The molecule has 4 atom stereocenters. The van der Waals surface area contributed by atoms with Crippen LogP contribution in [0.15, 0.2) is 72.8 Å². The number of fused-ring (bicyclic) bond motifs is 1. The smallest absolute Gasteiger partial charge is 0.325 e. The molecule has 3 aromatic rings. The van der Waals surface area contributed by atoms with E-state index < -0.39 is 46.1 Å². The van der Waals surface area contributed by atoms with Crippen LogP contribution in [-0.4, -0.2) is 33.4 Å². The molecule has 38 heavy (non-hydrogen) atoms. The molecule has 2 fully saturated rings. The van der Waals surface area contributed by atoms with Gasteiger partial charge in [-0.15, -0.1) is 0 Å². The van der Waals surface area contributed by atoms with Gasteiger partial charge in [0.15, 0.2) is 0 Å². The average Bonchev–Trinajstić information content (AvgIpc) is 3.39. The highest BCUT2D eigenvalue weighted by Gasteiger charge is 2.68. The van der Waals surface area contributed by atoms with E-state index >= 15 is 0 Å². The first-order chi connectivity index (χ1) is 18.2. The van der Waals surface area contributed by atoms with Crippen LogP contribution in [0.1, 0.15) is 28.3 Å². The van der Waals surface area contributed by atoms with E-state index in [0.29, 0.717) is 27.9 Å². The molecule has 0 spiro atoms. The number of carbonyl (C=O) groups excluding carboxylic acids is 2. The van der Waals surface area contributed by atoms with Gasteiger partial charge in [-0.05, 0) is 41.8 Å². The van der Waals surface area contributed by atoms with Gasteiger partial charge in [-0.1, -0.05) is 42.5 Å². The molecule has 10 nitrogen and oxygen atoms in total. The molecular weight excluding hydrogens is 488 g/mol. The van der Waals surface area contributed by atoms with Crippen LogP contribution < -0.4 is 10.2 Å². The fraction of sp³-hybridized carbons (Fsp3) is 0.214. The average molecular weight is 511 g/mol. The van der Waals surface area contributed by atoms with Gasteiger partial charge in [-0.25, -0.2) is 4.90 Å². The van der Waals surface area contributed by atoms with Crippen LogP contribution in [-0.2, 0) is 20.8 Å². The number of aryl methyl sites for hydroxylation is 1. The molecule has 2 N–H and O–H groups in total. The molecule has 3 aromatic carbocycles. The second-order valence-electron chi connectivity index (χ2n) is 9.53. The van der Waals surface area contributed by atoms with Crippen molar-refractivity contribution in [2.24, 2.45) is 11.8 Å². The van der Waals surface area contributed by atoms with Gasteiger partial charge >= 0.3 is 5.97 Å². The highest BCUT2D eigenvalue weighted by atomic mass is 16.6. The van der Waals surface area contributed by atoms with E-state index in [1.165, 1.54) is 24.3 Å². The Kier molecular flexibility index (Phi) is 6.01. The molecule has 0 aliphatic carbocycles. The molecule has 2 aliphatic rings. The summed E-state index contributed by atoms with van der Waals surface area (Å²) in [5.74, 6) is -4.72. The molecule has 5 rings (SSSR count). The zero-order valence-corrected chi connectivity index (χ0v) is 20.2. The number of imide groups is 1. The molecule has 0 saturated carbocycles. The number of carboxylic acid groups (broad SMARTS) is 1. The minimum absolute atomic E-state index is 0.149. The first-order valence-electron chi connectivity index (χ1n) is 11.9. The third-order valence-electron chi connectivity index (χ3n) is 7.42. The summed E-state index contributed by atoms with van der Waals surface area (Å²) in [6, 6.07) is 20.0. The highest BCUT2D eigenvalue weighted by molar-refractivity contribution is 6.24. The van der Waals surface area contributed by atoms with Crippen molar-refractivity contribution >= 4 is 29.2 Å². The van der Waals surface area contributed by atoms with E-state index in [-0.39, 0.29) is 12.1 Å². The van der Waals surface area contributed by atoms with E-state index in [2.05, 4.69) is 5.32 Å². The van der Waals surface area contributed by atoms with E-state index in [1.54, 1.807) is 55.5 Å². The minimum Gasteiger partial charge on any atom is -0.480 e. The van der Waals surface area contributed by atoms with Gasteiger partial charge in [0.05, 0.1) is 34.1 Å². The van der Waals surface area contributed by atoms with E-state index in [9.17, 15) is 34.9 Å². The summed E-state index contributed by atoms with van der Waals surface area (Å²) in [6.45, 7) is 1.77. The van der Waals surface area contributed by atoms with Gasteiger partial charge in [0.2, 0.25) is 11.8 Å². The van der Waals surface area contributed by atoms with Crippen molar-refractivity contribution in [3.63, 3.8) is 0 Å². The maximum absolute atomic E-state index is 14.0. The third-order valence-corrected chi connectivity index (χ3v) is 7.42. The van der Waals surface area contributed by atoms with Crippen LogP contribution in [0.2, 0.25) is 0 Å². The number of carboxylic acids is 1. The Balaban J connectivity index is 1.64. The molecule has 2 heterocycles. The highest BCUT2D eigenvalue weighted by Crippen LogP contribution is 2.51. The maximum atomic E-state index is 14.0. The van der Waals surface area contributed by atoms with Crippen LogP contribution in [0.25, 0.3) is 0 Å². The number of non-ortho nitro benzene ring substituents is 1. The number of aliphatic carboxylic acids is 1. The van der Waals surface area contributed by atoms with Crippen LogP contribution in [0.4, 0.5) is 11.4 Å². The fourth-order valence-electron chi connectivity index (χ4n) is 5.60. The number of para-hydroxylation sites is 1. The number of amides is 2. The molecule has 190 valence electrons. The summed E-state index contributed by atoms with van der Waals surface area (Å²) in [5.41, 5.74) is 0.484. The summed E-state index contributed by atoms with van der Waals surface area (Å²) in [7, 11) is 0. The number of nitro groups is 1. The lowest BCUT2D eigenvalue weighted by molar-refractivity contribution is -0.384. The van der Waals surface area contributed by atoms with Gasteiger partial charge in [0.25, 0.3) is 5.69 Å². The normalized spacial score (nSPS) is 24.2. The number of carbonyl (C=O) groups is 3. The number of hydrogen-bond acceptors (Lipinski definition) is 7. The zero-order valence-electron chi connectivity index (χ0n) is 20.2. The molecule has 4 unspecified atom stereocenters. The van der Waals surface area contributed by atoms with Crippen LogP contribution in [0, 0.1) is 40.2 Å². The first-order valence-corrected chi connectivity index (χ1v) is 11.9. The van der Waals surface area contributed by atoms with Crippen molar-refractivity contribution in [1.82, 2.24) is 5.32 Å². The topological polar surface area (TPSA) is 154 Å². The number of nitro benzene ring substituents is 1. The van der Waals surface area contributed by atoms with Crippen molar-refractivity contribution in [2.45, 2.75) is 24.9 Å². The van der Waals surface area contributed by atoms with Crippen LogP contribution in [0.5, 0.6) is 0 Å². The summed E-state index contributed by atoms with van der Waals surface area (Å²) in [5, 5.41) is 34.0. The predicted octanol–water partition coefficient (Wildman–Crippen LogP) is 3.29. The van der Waals surface area contributed by atoms with Crippen molar-refractivity contribution < 1.29 is 24.4 Å². The van der Waals surface area contributed by atoms with Gasteiger partial charge in [0, 0.05) is 24.6 Å². The summed E-state index contributed by atoms with van der Waals surface area (Å²) in [6.07, 6.45) is -0.186. The van der Waals surface area contributed by atoms with Gasteiger partial charge < -0.3 is 5.11 Å². The van der Waals surface area contributed by atoms with Crippen molar-refractivity contribution in [1.29, 1.82) is 5.26 Å². The second kappa shape index (κ2) is 9.21. The molecule has 2 amide bonds. The van der Waals surface area contributed by atoms with E-state index in [1.807, 2.05) is 6.07 Å². The number of rotatable bonds is 6. The molecule has 2 aliphatic heterocycles. The number of anilines is 1. The Labute approximate surface area is 217 Å². The van der Waals surface area contributed by atoms with E-state index in [0.717, 1.165) is 4.90 Å². The largest absolute Gasteiger partial charge is 0.480 e. The van der Waals surface area contributed by atoms with Crippen LogP contribution >= 0.6 is 0 Å². The standard InChI is InChI=1S/C28H22N4O6/c1-16-4-2-3-5-21(16)31-25(33)22-23(26(31)34)28(27(35)36,14-17-8-12-20(13-9-17)32(37)38)30-24(22)19-10-6-18(15-29)7-11-19/h2-13,22-24,30H,14H2,1H3,(H,35,36). The Morgan fingerprint density at radius 2 is 1.74 bits per heavy atom. The number of nitrogens with one attached hydrogen (secondary N) is 1. The molecule has 2 saturated heterocycles. The predicted molar refractivity (Wildman–Crippen MR) is 135 cm³/mol. The molecular formula is C28H22N4O6. The zero-order chi connectivity index (χ0) is 27.2. The number of nitrogens with zero attached hydrogens (tertiary/aromatic N) is 3. The van der Waals surface area contributed by atoms with Crippen LogP contribution in [0.3, 0.4) is 0 Å². The van der Waals surface area contributed by atoms with E-state index in [4.69, 9.17) is 0 Å². The summed E-state index contributed by atoms with van der Waals surface area (Å²) in [4.78, 5) is 52.4. The maximum Gasteiger partial charge on any atom is 0.325 e. The second-order valence-corrected chi connectivity index (χ2v) is 9.53. The van der Waals surface area contributed by atoms with Gasteiger partial charge in [0.1, 0.15) is 5.54 Å². The van der Waals surface area contributed by atoms with Crippen molar-refractivity contribution in [3.05, 3.63) is 105 Å². The summed E-state index contributed by atoms with van der Waals surface area (Å²) < 4.78 is 0.